The average Bonchev–Trinajstić information content (AvgIpc) is 2.34. The lowest BCUT2D eigenvalue weighted by Crippen LogP contribution is -2.30. The third-order valence-corrected chi connectivity index (χ3v) is 2.80. The summed E-state index contributed by atoms with van der Waals surface area (Å²) in [6.07, 6.45) is 1.59. The minimum Gasteiger partial charge on any atom is -0.478 e. The minimum absolute atomic E-state index is 0.154. The smallest absolute Gasteiger partial charge is 0.335 e. The second kappa shape index (κ2) is 5.30. The SMILES string of the molecule is O=C(O)c1cc(F)c(NC2CCCOC2)c(F)c1. The van der Waals surface area contributed by atoms with Crippen LogP contribution in [0.25, 0.3) is 0 Å². The first-order valence-electron chi connectivity index (χ1n) is 5.64. The molecule has 0 amide bonds. The van der Waals surface area contributed by atoms with Crippen LogP contribution in [-0.2, 0) is 4.74 Å². The van der Waals surface area contributed by atoms with Gasteiger partial charge in [-0.25, -0.2) is 13.6 Å². The molecule has 0 aromatic heterocycles. The minimum atomic E-state index is -1.36. The molecule has 2 N–H and O–H groups in total. The molecule has 1 heterocycles. The Morgan fingerprint density at radius 1 is 1.39 bits per heavy atom. The van der Waals surface area contributed by atoms with Crippen LogP contribution in [0.4, 0.5) is 14.5 Å². The molecule has 6 heteroatoms. The quantitative estimate of drug-likeness (QED) is 0.872. The highest BCUT2D eigenvalue weighted by Gasteiger charge is 2.19. The lowest BCUT2D eigenvalue weighted by atomic mass is 10.1. The van der Waals surface area contributed by atoms with Crippen molar-refractivity contribution >= 4 is 11.7 Å². The average molecular weight is 257 g/mol. The van der Waals surface area contributed by atoms with Gasteiger partial charge in [-0.1, -0.05) is 0 Å². The van der Waals surface area contributed by atoms with E-state index in [1.54, 1.807) is 0 Å². The van der Waals surface area contributed by atoms with Crippen molar-refractivity contribution in [2.24, 2.45) is 0 Å². The molecule has 1 unspecified atom stereocenters. The van der Waals surface area contributed by atoms with Crippen molar-refractivity contribution in [2.75, 3.05) is 18.5 Å². The number of hydrogen-bond donors (Lipinski definition) is 2. The summed E-state index contributed by atoms with van der Waals surface area (Å²) in [5, 5.41) is 11.4. The van der Waals surface area contributed by atoms with Crippen LogP contribution in [0.5, 0.6) is 0 Å². The van der Waals surface area contributed by atoms with Crippen LogP contribution in [0.15, 0.2) is 12.1 Å². The number of hydrogen-bond acceptors (Lipinski definition) is 3. The van der Waals surface area contributed by atoms with Crippen molar-refractivity contribution in [2.45, 2.75) is 18.9 Å². The third kappa shape index (κ3) is 2.76. The molecule has 4 nitrogen and oxygen atoms in total. The first kappa shape index (κ1) is 12.8. The van der Waals surface area contributed by atoms with Gasteiger partial charge in [0, 0.05) is 12.6 Å². The second-order valence-corrected chi connectivity index (χ2v) is 4.18. The van der Waals surface area contributed by atoms with E-state index in [4.69, 9.17) is 9.84 Å². The summed E-state index contributed by atoms with van der Waals surface area (Å²) in [7, 11) is 0. The van der Waals surface area contributed by atoms with E-state index in [0.717, 1.165) is 25.0 Å². The molecule has 2 rings (SSSR count). The highest BCUT2D eigenvalue weighted by molar-refractivity contribution is 5.88. The number of carbonyl (C=O) groups is 1. The Kier molecular flexibility index (Phi) is 3.76. The standard InChI is InChI=1S/C12H13F2NO3/c13-9-4-7(12(16)17)5-10(14)11(9)15-8-2-1-3-18-6-8/h4-5,8,15H,1-3,6H2,(H,16,17). The molecule has 1 fully saturated rings. The first-order chi connectivity index (χ1) is 8.58. The van der Waals surface area contributed by atoms with Crippen LogP contribution in [0.1, 0.15) is 23.2 Å². The summed E-state index contributed by atoms with van der Waals surface area (Å²) in [4.78, 5) is 10.6. The molecular weight excluding hydrogens is 244 g/mol. The number of halogens is 2. The Hall–Kier alpha value is -1.69. The number of benzene rings is 1. The second-order valence-electron chi connectivity index (χ2n) is 4.18. The molecule has 18 heavy (non-hydrogen) atoms. The summed E-state index contributed by atoms with van der Waals surface area (Å²) in [5.74, 6) is -3.17. The van der Waals surface area contributed by atoms with E-state index in [9.17, 15) is 13.6 Å². The normalized spacial score (nSPS) is 19.6. The largest absolute Gasteiger partial charge is 0.478 e. The van der Waals surface area contributed by atoms with Gasteiger partial charge in [0.1, 0.15) is 17.3 Å². The van der Waals surface area contributed by atoms with Crippen LogP contribution in [0.2, 0.25) is 0 Å². The Morgan fingerprint density at radius 3 is 2.56 bits per heavy atom. The molecule has 0 radical (unpaired) electrons. The molecule has 1 aliphatic rings. The lowest BCUT2D eigenvalue weighted by Gasteiger charge is -2.24. The Balaban J connectivity index is 2.19. The molecule has 1 aliphatic heterocycles. The van der Waals surface area contributed by atoms with E-state index in [-0.39, 0.29) is 11.7 Å². The number of carboxylic acids is 1. The molecule has 0 bridgehead atoms. The van der Waals surface area contributed by atoms with Gasteiger partial charge in [0.25, 0.3) is 0 Å². The van der Waals surface area contributed by atoms with Crippen molar-refractivity contribution in [1.29, 1.82) is 0 Å². The molecule has 0 aliphatic carbocycles. The van der Waals surface area contributed by atoms with Crippen LogP contribution in [0.3, 0.4) is 0 Å². The van der Waals surface area contributed by atoms with Gasteiger partial charge in [-0.3, -0.25) is 0 Å². The van der Waals surface area contributed by atoms with E-state index >= 15 is 0 Å². The predicted octanol–water partition coefficient (Wildman–Crippen LogP) is 2.25. The number of rotatable bonds is 3. The highest BCUT2D eigenvalue weighted by atomic mass is 19.1. The van der Waals surface area contributed by atoms with Gasteiger partial charge in [-0.2, -0.15) is 0 Å². The van der Waals surface area contributed by atoms with E-state index in [2.05, 4.69) is 5.32 Å². The van der Waals surface area contributed by atoms with Gasteiger partial charge >= 0.3 is 5.97 Å². The molecule has 0 saturated carbocycles. The number of aromatic carboxylic acids is 1. The topological polar surface area (TPSA) is 58.6 Å². The van der Waals surface area contributed by atoms with Gasteiger partial charge < -0.3 is 15.2 Å². The summed E-state index contributed by atoms with van der Waals surface area (Å²) in [6.45, 7) is 1.04. The highest BCUT2D eigenvalue weighted by Crippen LogP contribution is 2.23. The molecule has 98 valence electrons. The van der Waals surface area contributed by atoms with Gasteiger partial charge in [-0.15, -0.1) is 0 Å². The molecule has 1 aromatic carbocycles. The Morgan fingerprint density at radius 2 is 2.06 bits per heavy atom. The fourth-order valence-electron chi connectivity index (χ4n) is 1.89. The first-order valence-corrected chi connectivity index (χ1v) is 5.64. The molecule has 1 aromatic rings. The van der Waals surface area contributed by atoms with Gasteiger partial charge in [0.2, 0.25) is 0 Å². The molecule has 1 saturated heterocycles. The van der Waals surface area contributed by atoms with Gasteiger partial charge in [0.15, 0.2) is 0 Å². The Labute approximate surface area is 103 Å². The molecule has 0 spiro atoms. The van der Waals surface area contributed by atoms with Gasteiger partial charge in [0.05, 0.1) is 12.2 Å². The van der Waals surface area contributed by atoms with Crippen LogP contribution >= 0.6 is 0 Å². The fraction of sp³-hybridized carbons (Fsp3) is 0.417. The molecular formula is C12H13F2NO3. The predicted molar refractivity (Wildman–Crippen MR) is 60.8 cm³/mol. The monoisotopic (exact) mass is 257 g/mol. The van der Waals surface area contributed by atoms with Crippen molar-refractivity contribution in [3.8, 4) is 0 Å². The van der Waals surface area contributed by atoms with E-state index in [0.29, 0.717) is 13.2 Å². The van der Waals surface area contributed by atoms with Crippen molar-refractivity contribution in [3.05, 3.63) is 29.3 Å². The summed E-state index contributed by atoms with van der Waals surface area (Å²) >= 11 is 0. The maximum Gasteiger partial charge on any atom is 0.335 e. The zero-order valence-corrected chi connectivity index (χ0v) is 9.58. The zero-order chi connectivity index (χ0) is 13.1. The number of anilines is 1. The number of carboxylic acid groups (broad SMARTS) is 1. The summed E-state index contributed by atoms with van der Waals surface area (Å²) in [5.41, 5.74) is -0.703. The van der Waals surface area contributed by atoms with Crippen molar-refractivity contribution in [1.82, 2.24) is 0 Å². The van der Waals surface area contributed by atoms with Gasteiger partial charge in [-0.05, 0) is 25.0 Å². The van der Waals surface area contributed by atoms with Crippen LogP contribution in [0, 0.1) is 11.6 Å². The van der Waals surface area contributed by atoms with Crippen LogP contribution < -0.4 is 5.32 Å². The Bertz CT molecular complexity index is 436. The number of ether oxygens (including phenoxy) is 1. The lowest BCUT2D eigenvalue weighted by molar-refractivity contribution is 0.0695. The van der Waals surface area contributed by atoms with Crippen molar-refractivity contribution in [3.63, 3.8) is 0 Å². The fourth-order valence-corrected chi connectivity index (χ4v) is 1.89. The van der Waals surface area contributed by atoms with E-state index in [1.807, 2.05) is 0 Å². The maximum absolute atomic E-state index is 13.6. The van der Waals surface area contributed by atoms with E-state index in [1.165, 1.54) is 0 Å². The zero-order valence-electron chi connectivity index (χ0n) is 9.58. The third-order valence-electron chi connectivity index (χ3n) is 2.80. The summed E-state index contributed by atoms with van der Waals surface area (Å²) in [6, 6.07) is 1.45. The summed E-state index contributed by atoms with van der Waals surface area (Å²) < 4.78 is 32.4. The maximum atomic E-state index is 13.6. The molecule has 1 atom stereocenters. The van der Waals surface area contributed by atoms with Crippen LogP contribution in [-0.4, -0.2) is 30.3 Å². The van der Waals surface area contributed by atoms with E-state index < -0.39 is 23.2 Å². The van der Waals surface area contributed by atoms with Crippen molar-refractivity contribution < 1.29 is 23.4 Å². The number of nitrogens with one attached hydrogen (secondary N) is 1.